The van der Waals surface area contributed by atoms with E-state index in [0.29, 0.717) is 24.3 Å². The summed E-state index contributed by atoms with van der Waals surface area (Å²) < 4.78 is 29.5. The Kier molecular flexibility index (Phi) is 7.79. The Labute approximate surface area is 185 Å². The summed E-state index contributed by atoms with van der Waals surface area (Å²) >= 11 is 0. The second-order valence-electron chi connectivity index (χ2n) is 6.95. The van der Waals surface area contributed by atoms with Crippen molar-refractivity contribution in [2.45, 2.75) is 33.3 Å². The van der Waals surface area contributed by atoms with Gasteiger partial charge in [0, 0.05) is 25.0 Å². The summed E-state index contributed by atoms with van der Waals surface area (Å²) in [4.78, 5) is 18.4. The van der Waals surface area contributed by atoms with Gasteiger partial charge in [-0.2, -0.15) is 0 Å². The maximum absolute atomic E-state index is 13.3. The molecule has 0 fully saturated rings. The fourth-order valence-electron chi connectivity index (χ4n) is 3.48. The average molecular weight is 446 g/mol. The number of aliphatic hydroxyl groups is 2. The monoisotopic (exact) mass is 446 g/mol. The van der Waals surface area contributed by atoms with Crippen molar-refractivity contribution in [2.24, 2.45) is 0 Å². The molecule has 1 aromatic carbocycles. The lowest BCUT2D eigenvalue weighted by molar-refractivity contribution is -0.141. The minimum Gasteiger partial charge on any atom is -0.506 e. The van der Waals surface area contributed by atoms with E-state index in [9.17, 15) is 19.4 Å². The standard InChI is InChI=1S/C23H27FN2O6/c1-4-30-18(31-5-2)13-26-21-17(20(27)19(22(26)28)23(29)32-6-3)11-15(12-25-21)14-7-9-16(24)10-8-14/h7-12,18,22,27-28H,4-6,13H2,1-3H3. The first-order valence-corrected chi connectivity index (χ1v) is 10.5. The van der Waals surface area contributed by atoms with Crippen molar-refractivity contribution in [3.63, 3.8) is 0 Å². The molecule has 0 saturated carbocycles. The van der Waals surface area contributed by atoms with Crippen LogP contribution in [0, 0.1) is 5.82 Å². The predicted molar refractivity (Wildman–Crippen MR) is 116 cm³/mol. The minimum absolute atomic E-state index is 0.0505. The normalized spacial score (nSPS) is 15.8. The predicted octanol–water partition coefficient (Wildman–Crippen LogP) is 3.26. The number of pyridine rings is 1. The van der Waals surface area contributed by atoms with Crippen molar-refractivity contribution in [3.05, 3.63) is 53.5 Å². The van der Waals surface area contributed by atoms with Crippen LogP contribution in [0.4, 0.5) is 10.2 Å². The summed E-state index contributed by atoms with van der Waals surface area (Å²) in [6.45, 7) is 6.14. The van der Waals surface area contributed by atoms with Crippen molar-refractivity contribution in [1.29, 1.82) is 0 Å². The lowest BCUT2D eigenvalue weighted by Gasteiger charge is -2.37. The van der Waals surface area contributed by atoms with Crippen LogP contribution in [0.5, 0.6) is 0 Å². The number of fused-ring (bicyclic) bond motifs is 1. The molecule has 32 heavy (non-hydrogen) atoms. The molecule has 172 valence electrons. The van der Waals surface area contributed by atoms with Gasteiger partial charge >= 0.3 is 5.97 Å². The van der Waals surface area contributed by atoms with Gasteiger partial charge in [0.1, 0.15) is 23.0 Å². The smallest absolute Gasteiger partial charge is 0.342 e. The van der Waals surface area contributed by atoms with E-state index in [1.54, 1.807) is 31.3 Å². The van der Waals surface area contributed by atoms with Gasteiger partial charge in [0.2, 0.25) is 0 Å². The zero-order valence-electron chi connectivity index (χ0n) is 18.2. The number of hydrogen-bond acceptors (Lipinski definition) is 8. The zero-order valence-corrected chi connectivity index (χ0v) is 18.2. The summed E-state index contributed by atoms with van der Waals surface area (Å²) in [7, 11) is 0. The number of aliphatic hydroxyl groups excluding tert-OH is 2. The topological polar surface area (TPSA) is 101 Å². The molecular formula is C23H27FN2O6. The molecule has 1 aliphatic heterocycles. The molecule has 9 heteroatoms. The molecule has 1 aromatic heterocycles. The number of hydrogen-bond donors (Lipinski definition) is 2. The van der Waals surface area contributed by atoms with Crippen LogP contribution < -0.4 is 4.90 Å². The van der Waals surface area contributed by atoms with Gasteiger partial charge in [-0.25, -0.2) is 14.2 Å². The molecule has 2 aromatic rings. The Hall–Kier alpha value is -3.01. The van der Waals surface area contributed by atoms with Crippen LogP contribution in [0.1, 0.15) is 26.3 Å². The third-order valence-corrected chi connectivity index (χ3v) is 4.93. The first-order chi connectivity index (χ1) is 15.4. The van der Waals surface area contributed by atoms with Gasteiger partial charge in [-0.3, -0.25) is 0 Å². The van der Waals surface area contributed by atoms with Crippen molar-refractivity contribution < 1.29 is 33.6 Å². The Morgan fingerprint density at radius 3 is 2.38 bits per heavy atom. The first-order valence-electron chi connectivity index (χ1n) is 10.5. The summed E-state index contributed by atoms with van der Waals surface area (Å²) in [5.74, 6) is -1.40. The number of aromatic nitrogens is 1. The number of anilines is 1. The molecule has 8 nitrogen and oxygen atoms in total. The second kappa shape index (κ2) is 10.5. The van der Waals surface area contributed by atoms with Gasteiger partial charge in [-0.05, 0) is 44.5 Å². The number of rotatable bonds is 9. The number of carbonyl (C=O) groups is 1. The maximum atomic E-state index is 13.3. The molecule has 1 atom stereocenters. The number of carbonyl (C=O) groups excluding carboxylic acids is 1. The molecule has 0 amide bonds. The molecule has 2 heterocycles. The quantitative estimate of drug-likeness (QED) is 0.447. The lowest BCUT2D eigenvalue weighted by atomic mass is 9.98. The van der Waals surface area contributed by atoms with Gasteiger partial charge in [-0.1, -0.05) is 12.1 Å². The van der Waals surface area contributed by atoms with Crippen molar-refractivity contribution in [1.82, 2.24) is 4.98 Å². The fraction of sp³-hybridized carbons (Fsp3) is 0.391. The highest BCUT2D eigenvalue weighted by atomic mass is 19.1. The highest BCUT2D eigenvalue weighted by molar-refractivity contribution is 6.00. The van der Waals surface area contributed by atoms with E-state index in [1.165, 1.54) is 17.0 Å². The van der Waals surface area contributed by atoms with E-state index in [1.807, 2.05) is 13.8 Å². The van der Waals surface area contributed by atoms with Gasteiger partial charge < -0.3 is 29.3 Å². The molecule has 0 spiro atoms. The minimum atomic E-state index is -1.52. The van der Waals surface area contributed by atoms with E-state index in [-0.39, 0.29) is 35.9 Å². The fourth-order valence-corrected chi connectivity index (χ4v) is 3.48. The third-order valence-electron chi connectivity index (χ3n) is 4.93. The van der Waals surface area contributed by atoms with Gasteiger partial charge in [0.15, 0.2) is 12.5 Å². The molecule has 2 N–H and O–H groups in total. The van der Waals surface area contributed by atoms with E-state index in [2.05, 4.69) is 4.98 Å². The molecule has 0 aliphatic carbocycles. The Balaban J connectivity index is 2.10. The highest BCUT2D eigenvalue weighted by Crippen LogP contribution is 2.37. The van der Waals surface area contributed by atoms with Crippen molar-refractivity contribution in [2.75, 3.05) is 31.3 Å². The van der Waals surface area contributed by atoms with Crippen LogP contribution in [0.25, 0.3) is 16.9 Å². The van der Waals surface area contributed by atoms with E-state index in [0.717, 1.165) is 0 Å². The molecule has 1 unspecified atom stereocenters. The molecule has 0 radical (unpaired) electrons. The number of benzene rings is 1. The molecule has 0 bridgehead atoms. The average Bonchev–Trinajstić information content (AvgIpc) is 2.77. The van der Waals surface area contributed by atoms with Crippen molar-refractivity contribution >= 4 is 17.5 Å². The van der Waals surface area contributed by atoms with Crippen LogP contribution in [0.15, 0.2) is 42.1 Å². The van der Waals surface area contributed by atoms with Crippen LogP contribution >= 0.6 is 0 Å². The largest absolute Gasteiger partial charge is 0.506 e. The maximum Gasteiger partial charge on any atom is 0.342 e. The first kappa shape index (κ1) is 23.6. The van der Waals surface area contributed by atoms with Gasteiger partial charge in [-0.15, -0.1) is 0 Å². The number of nitrogens with zero attached hydrogens (tertiary/aromatic N) is 2. The van der Waals surface area contributed by atoms with Gasteiger partial charge in [0.25, 0.3) is 0 Å². The van der Waals surface area contributed by atoms with E-state index in [4.69, 9.17) is 14.2 Å². The Morgan fingerprint density at radius 1 is 1.12 bits per heavy atom. The van der Waals surface area contributed by atoms with Crippen LogP contribution in [0.3, 0.4) is 0 Å². The third kappa shape index (κ3) is 4.90. The molecule has 0 saturated heterocycles. The van der Waals surface area contributed by atoms with Crippen LogP contribution in [-0.4, -0.2) is 60.0 Å². The summed E-state index contributed by atoms with van der Waals surface area (Å²) in [5, 5.41) is 21.9. The van der Waals surface area contributed by atoms with Crippen LogP contribution in [-0.2, 0) is 19.0 Å². The highest BCUT2D eigenvalue weighted by Gasteiger charge is 2.39. The molecule has 3 rings (SSSR count). The second-order valence-corrected chi connectivity index (χ2v) is 6.95. The van der Waals surface area contributed by atoms with E-state index >= 15 is 0 Å². The summed E-state index contributed by atoms with van der Waals surface area (Å²) in [5.41, 5.74) is 1.20. The number of halogens is 1. The Morgan fingerprint density at radius 2 is 1.78 bits per heavy atom. The van der Waals surface area contributed by atoms with Crippen molar-refractivity contribution in [3.8, 4) is 11.1 Å². The lowest BCUT2D eigenvalue weighted by Crippen LogP contribution is -2.48. The number of ether oxygens (including phenoxy) is 3. The molecule has 1 aliphatic rings. The van der Waals surface area contributed by atoms with Crippen LogP contribution in [0.2, 0.25) is 0 Å². The van der Waals surface area contributed by atoms with Gasteiger partial charge in [0.05, 0.1) is 18.7 Å². The number of esters is 1. The summed E-state index contributed by atoms with van der Waals surface area (Å²) in [6, 6.07) is 7.43. The SMILES string of the molecule is CCOC(=O)C1=C(O)c2cc(-c3ccc(F)cc3)cnc2N(CC(OCC)OCC)C1O. The Bertz CT molecular complexity index is 973. The summed E-state index contributed by atoms with van der Waals surface area (Å²) in [6.07, 6.45) is -0.672. The molecular weight excluding hydrogens is 419 g/mol. The zero-order chi connectivity index (χ0) is 23.3. The van der Waals surface area contributed by atoms with E-state index < -0.39 is 24.2 Å².